The highest BCUT2D eigenvalue weighted by Crippen LogP contribution is 2.16. The van der Waals surface area contributed by atoms with E-state index in [1.165, 1.54) is 6.20 Å². The van der Waals surface area contributed by atoms with Gasteiger partial charge in [0.1, 0.15) is 0 Å². The summed E-state index contributed by atoms with van der Waals surface area (Å²) < 4.78 is 26.9. The first-order valence-corrected chi connectivity index (χ1v) is 7.53. The summed E-state index contributed by atoms with van der Waals surface area (Å²) in [5.74, 6) is 0. The quantitative estimate of drug-likeness (QED) is 0.934. The molecule has 1 aromatic carbocycles. The topological polar surface area (TPSA) is 59.1 Å². The van der Waals surface area contributed by atoms with Crippen LogP contribution in [0.2, 0.25) is 0 Å². The van der Waals surface area contributed by atoms with Gasteiger partial charge in [-0.05, 0) is 42.7 Å². The molecule has 1 aromatic heterocycles. The number of sulfonamides is 1. The smallest absolute Gasteiger partial charge is 0.261 e. The van der Waals surface area contributed by atoms with Crippen LogP contribution < -0.4 is 4.72 Å². The molecule has 0 fully saturated rings. The third-order valence-electron chi connectivity index (χ3n) is 2.77. The molecular formula is C14H16N2O2S. The lowest BCUT2D eigenvalue weighted by Crippen LogP contribution is -2.13. The molecule has 100 valence electrons. The van der Waals surface area contributed by atoms with Gasteiger partial charge in [-0.1, -0.05) is 19.1 Å². The summed E-state index contributed by atoms with van der Waals surface area (Å²) in [5, 5.41) is 0. The summed E-state index contributed by atoms with van der Waals surface area (Å²) in [6.45, 7) is 3.89. The van der Waals surface area contributed by atoms with Crippen molar-refractivity contribution in [1.82, 2.24) is 4.98 Å². The molecule has 1 N–H and O–H groups in total. The predicted molar refractivity (Wildman–Crippen MR) is 75.6 cm³/mol. The molecule has 0 saturated carbocycles. The Hall–Kier alpha value is -1.88. The zero-order chi connectivity index (χ0) is 13.9. The minimum Gasteiger partial charge on any atom is -0.278 e. The number of aryl methyl sites for hydroxylation is 2. The fraction of sp³-hybridized carbons (Fsp3) is 0.214. The molecule has 0 aliphatic rings. The largest absolute Gasteiger partial charge is 0.278 e. The molecule has 0 unspecified atom stereocenters. The third kappa shape index (κ3) is 3.32. The van der Waals surface area contributed by atoms with Crippen molar-refractivity contribution in [2.45, 2.75) is 25.2 Å². The molecule has 19 heavy (non-hydrogen) atoms. The number of hydrogen-bond donors (Lipinski definition) is 1. The van der Waals surface area contributed by atoms with Gasteiger partial charge in [-0.25, -0.2) is 8.42 Å². The van der Waals surface area contributed by atoms with E-state index in [0.717, 1.165) is 17.5 Å². The van der Waals surface area contributed by atoms with Crippen molar-refractivity contribution in [3.05, 3.63) is 53.9 Å². The molecule has 2 rings (SSSR count). The minimum absolute atomic E-state index is 0.256. The van der Waals surface area contributed by atoms with Crippen molar-refractivity contribution in [1.29, 1.82) is 0 Å². The molecule has 0 saturated heterocycles. The van der Waals surface area contributed by atoms with Gasteiger partial charge >= 0.3 is 0 Å². The second-order valence-electron chi connectivity index (χ2n) is 4.35. The van der Waals surface area contributed by atoms with Gasteiger partial charge in [-0.2, -0.15) is 0 Å². The molecule has 2 aromatic rings. The van der Waals surface area contributed by atoms with E-state index in [4.69, 9.17) is 0 Å². The SMILES string of the molecule is CCc1ccc(S(=O)(=O)Nc2cncc(C)c2)cc1. The molecule has 4 nitrogen and oxygen atoms in total. The van der Waals surface area contributed by atoms with Crippen LogP contribution in [0.25, 0.3) is 0 Å². The molecule has 0 aliphatic heterocycles. The Bertz CT molecular complexity index is 664. The molecule has 5 heteroatoms. The van der Waals surface area contributed by atoms with Crippen LogP contribution in [-0.2, 0) is 16.4 Å². The molecule has 0 bridgehead atoms. The average Bonchev–Trinajstić information content (AvgIpc) is 2.38. The summed E-state index contributed by atoms with van der Waals surface area (Å²) in [6, 6.07) is 8.62. The third-order valence-corrected chi connectivity index (χ3v) is 4.17. The first-order chi connectivity index (χ1) is 9.01. The number of benzene rings is 1. The molecule has 1 heterocycles. The Morgan fingerprint density at radius 2 is 1.84 bits per heavy atom. The van der Waals surface area contributed by atoms with Crippen molar-refractivity contribution < 1.29 is 8.42 Å². The van der Waals surface area contributed by atoms with Crippen LogP contribution in [0.4, 0.5) is 5.69 Å². The molecule has 0 amide bonds. The van der Waals surface area contributed by atoms with E-state index in [2.05, 4.69) is 9.71 Å². The highest BCUT2D eigenvalue weighted by Gasteiger charge is 2.13. The first-order valence-electron chi connectivity index (χ1n) is 6.04. The Morgan fingerprint density at radius 1 is 1.16 bits per heavy atom. The summed E-state index contributed by atoms with van der Waals surface area (Å²) in [5.41, 5.74) is 2.48. The van der Waals surface area contributed by atoms with Gasteiger partial charge in [-0.15, -0.1) is 0 Å². The Balaban J connectivity index is 2.27. The van der Waals surface area contributed by atoms with Crippen LogP contribution in [0.1, 0.15) is 18.1 Å². The summed E-state index contributed by atoms with van der Waals surface area (Å²) in [4.78, 5) is 4.22. The van der Waals surface area contributed by atoms with Crippen LogP contribution in [0.3, 0.4) is 0 Å². The van der Waals surface area contributed by atoms with Crippen LogP contribution in [0.5, 0.6) is 0 Å². The molecule has 0 aliphatic carbocycles. The predicted octanol–water partition coefficient (Wildman–Crippen LogP) is 2.75. The van der Waals surface area contributed by atoms with Crippen molar-refractivity contribution in [3.63, 3.8) is 0 Å². The molecule has 0 spiro atoms. The Labute approximate surface area is 113 Å². The maximum atomic E-state index is 12.2. The second kappa shape index (κ2) is 5.40. The number of anilines is 1. The lowest BCUT2D eigenvalue weighted by atomic mass is 10.2. The van der Waals surface area contributed by atoms with E-state index in [1.54, 1.807) is 24.4 Å². The monoisotopic (exact) mass is 276 g/mol. The zero-order valence-electron chi connectivity index (χ0n) is 10.9. The van der Waals surface area contributed by atoms with E-state index in [9.17, 15) is 8.42 Å². The Morgan fingerprint density at radius 3 is 2.42 bits per heavy atom. The first kappa shape index (κ1) is 13.5. The second-order valence-corrected chi connectivity index (χ2v) is 6.04. The number of nitrogens with one attached hydrogen (secondary N) is 1. The van der Waals surface area contributed by atoms with E-state index >= 15 is 0 Å². The minimum atomic E-state index is -3.55. The van der Waals surface area contributed by atoms with E-state index in [0.29, 0.717) is 5.69 Å². The molecular weight excluding hydrogens is 260 g/mol. The maximum Gasteiger partial charge on any atom is 0.261 e. The highest BCUT2D eigenvalue weighted by atomic mass is 32.2. The number of pyridine rings is 1. The van der Waals surface area contributed by atoms with Crippen LogP contribution in [0.15, 0.2) is 47.6 Å². The van der Waals surface area contributed by atoms with Gasteiger partial charge < -0.3 is 0 Å². The summed E-state index contributed by atoms with van der Waals surface area (Å²) >= 11 is 0. The van der Waals surface area contributed by atoms with Gasteiger partial charge in [0, 0.05) is 6.20 Å². The van der Waals surface area contributed by atoms with Crippen molar-refractivity contribution in [2.24, 2.45) is 0 Å². The Kier molecular flexibility index (Phi) is 3.85. The number of rotatable bonds is 4. The van der Waals surface area contributed by atoms with Gasteiger partial charge in [0.2, 0.25) is 0 Å². The van der Waals surface area contributed by atoms with Crippen LogP contribution in [0, 0.1) is 6.92 Å². The van der Waals surface area contributed by atoms with Crippen molar-refractivity contribution in [2.75, 3.05) is 4.72 Å². The van der Waals surface area contributed by atoms with Crippen LogP contribution in [-0.4, -0.2) is 13.4 Å². The highest BCUT2D eigenvalue weighted by molar-refractivity contribution is 7.92. The summed E-state index contributed by atoms with van der Waals surface area (Å²) in [6.07, 6.45) is 4.05. The lowest BCUT2D eigenvalue weighted by molar-refractivity contribution is 0.601. The van der Waals surface area contributed by atoms with Crippen LogP contribution >= 0.6 is 0 Å². The van der Waals surface area contributed by atoms with Gasteiger partial charge in [0.25, 0.3) is 10.0 Å². The van der Waals surface area contributed by atoms with Gasteiger partial charge in [0.05, 0.1) is 16.8 Å². The van der Waals surface area contributed by atoms with E-state index in [1.807, 2.05) is 26.0 Å². The number of aromatic nitrogens is 1. The maximum absolute atomic E-state index is 12.2. The van der Waals surface area contributed by atoms with Crippen molar-refractivity contribution >= 4 is 15.7 Å². The fourth-order valence-electron chi connectivity index (χ4n) is 1.73. The standard InChI is InChI=1S/C14H16N2O2S/c1-3-12-4-6-14(7-5-12)19(17,18)16-13-8-11(2)9-15-10-13/h4-10,16H,3H2,1-2H3. The van der Waals surface area contributed by atoms with E-state index < -0.39 is 10.0 Å². The molecule has 0 atom stereocenters. The average molecular weight is 276 g/mol. The number of hydrogen-bond acceptors (Lipinski definition) is 3. The molecule has 0 radical (unpaired) electrons. The van der Waals surface area contributed by atoms with Gasteiger partial charge in [0.15, 0.2) is 0 Å². The van der Waals surface area contributed by atoms with Gasteiger partial charge in [-0.3, -0.25) is 9.71 Å². The fourth-order valence-corrected chi connectivity index (χ4v) is 2.76. The zero-order valence-corrected chi connectivity index (χ0v) is 11.7. The normalized spacial score (nSPS) is 11.3. The van der Waals surface area contributed by atoms with Crippen molar-refractivity contribution in [3.8, 4) is 0 Å². The lowest BCUT2D eigenvalue weighted by Gasteiger charge is -2.08. The number of nitrogens with zero attached hydrogens (tertiary/aromatic N) is 1. The summed E-state index contributed by atoms with van der Waals surface area (Å²) in [7, 11) is -3.55. The van der Waals surface area contributed by atoms with E-state index in [-0.39, 0.29) is 4.90 Å².